The van der Waals surface area contributed by atoms with Crippen molar-refractivity contribution in [1.82, 2.24) is 9.80 Å². The molecule has 0 aliphatic carbocycles. The van der Waals surface area contributed by atoms with Crippen molar-refractivity contribution in [2.24, 2.45) is 0 Å². The standard InChI is InChI=1S/C21H31N3O2/c1-16-8-7-9-17(2)24(16)20(25)18(3)22-12-14-23(15-13-22)21(26)19-10-5-4-6-11-19/h4-6,10-11,16-18H,7-9,12-15H2,1-3H3/p+1/t16-,17+,18-/m1/s1. The van der Waals surface area contributed by atoms with E-state index in [1.54, 1.807) is 0 Å². The van der Waals surface area contributed by atoms with Crippen molar-refractivity contribution < 1.29 is 14.5 Å². The number of amides is 2. The minimum Gasteiger partial charge on any atom is -0.332 e. The number of carbonyl (C=O) groups excluding carboxylic acids is 2. The van der Waals surface area contributed by atoms with E-state index >= 15 is 0 Å². The first kappa shape index (κ1) is 18.9. The molecule has 1 aromatic rings. The van der Waals surface area contributed by atoms with E-state index in [1.807, 2.05) is 35.2 Å². The summed E-state index contributed by atoms with van der Waals surface area (Å²) in [6, 6.07) is 10.1. The maximum absolute atomic E-state index is 13.1. The number of likely N-dealkylation sites (tertiary alicyclic amines) is 1. The lowest BCUT2D eigenvalue weighted by atomic mass is 9.96. The third-order valence-corrected chi connectivity index (χ3v) is 6.14. The Hall–Kier alpha value is -1.88. The van der Waals surface area contributed by atoms with Gasteiger partial charge >= 0.3 is 0 Å². The summed E-state index contributed by atoms with van der Waals surface area (Å²) in [4.78, 5) is 31.0. The smallest absolute Gasteiger partial charge is 0.281 e. The molecule has 0 unspecified atom stereocenters. The van der Waals surface area contributed by atoms with Crippen LogP contribution in [-0.2, 0) is 4.79 Å². The van der Waals surface area contributed by atoms with Gasteiger partial charge in [0.2, 0.25) is 0 Å². The molecule has 0 bridgehead atoms. The summed E-state index contributed by atoms with van der Waals surface area (Å²) in [5.41, 5.74) is 0.746. The minimum absolute atomic E-state index is 0.0352. The van der Waals surface area contributed by atoms with Crippen molar-refractivity contribution in [3.8, 4) is 0 Å². The average Bonchev–Trinajstić information content (AvgIpc) is 2.67. The fourth-order valence-corrected chi connectivity index (χ4v) is 4.45. The molecule has 3 rings (SSSR count). The number of nitrogens with zero attached hydrogens (tertiary/aromatic N) is 2. The fraction of sp³-hybridized carbons (Fsp3) is 0.619. The summed E-state index contributed by atoms with van der Waals surface area (Å²) in [6.07, 6.45) is 3.43. The first-order valence-electron chi connectivity index (χ1n) is 10.00. The molecule has 5 nitrogen and oxygen atoms in total. The first-order valence-corrected chi connectivity index (χ1v) is 10.00. The minimum atomic E-state index is -0.0352. The van der Waals surface area contributed by atoms with E-state index in [1.165, 1.54) is 11.3 Å². The molecule has 26 heavy (non-hydrogen) atoms. The third-order valence-electron chi connectivity index (χ3n) is 6.14. The fourth-order valence-electron chi connectivity index (χ4n) is 4.45. The molecule has 0 aromatic heterocycles. The van der Waals surface area contributed by atoms with Gasteiger partial charge in [-0.25, -0.2) is 0 Å². The zero-order valence-corrected chi connectivity index (χ0v) is 16.3. The Kier molecular flexibility index (Phi) is 5.97. The van der Waals surface area contributed by atoms with Crippen LogP contribution in [0.2, 0.25) is 0 Å². The number of quaternary nitrogens is 1. The predicted molar refractivity (Wildman–Crippen MR) is 102 cm³/mol. The maximum Gasteiger partial charge on any atom is 0.281 e. The number of hydrogen-bond donors (Lipinski definition) is 1. The van der Waals surface area contributed by atoms with Gasteiger partial charge in [-0.05, 0) is 52.2 Å². The highest BCUT2D eigenvalue weighted by atomic mass is 16.2. The molecule has 1 N–H and O–H groups in total. The summed E-state index contributed by atoms with van der Waals surface area (Å²) in [6.45, 7) is 9.50. The zero-order valence-electron chi connectivity index (χ0n) is 16.3. The highest BCUT2D eigenvalue weighted by Gasteiger charge is 2.37. The van der Waals surface area contributed by atoms with Gasteiger partial charge in [0.25, 0.3) is 11.8 Å². The van der Waals surface area contributed by atoms with Crippen LogP contribution in [0.3, 0.4) is 0 Å². The molecule has 5 heteroatoms. The number of piperazine rings is 1. The number of hydrogen-bond acceptors (Lipinski definition) is 2. The molecule has 142 valence electrons. The number of benzene rings is 1. The molecule has 2 saturated heterocycles. The normalized spacial score (nSPS) is 25.8. The highest BCUT2D eigenvalue weighted by Crippen LogP contribution is 2.23. The molecule has 0 spiro atoms. The van der Waals surface area contributed by atoms with Gasteiger partial charge in [-0.15, -0.1) is 0 Å². The van der Waals surface area contributed by atoms with E-state index in [4.69, 9.17) is 0 Å². The van der Waals surface area contributed by atoms with Gasteiger partial charge in [0.05, 0.1) is 26.2 Å². The molecule has 2 amide bonds. The molecule has 0 saturated carbocycles. The van der Waals surface area contributed by atoms with Crippen LogP contribution >= 0.6 is 0 Å². The Morgan fingerprint density at radius 2 is 1.62 bits per heavy atom. The van der Waals surface area contributed by atoms with Crippen LogP contribution < -0.4 is 4.90 Å². The maximum atomic E-state index is 13.1. The van der Waals surface area contributed by atoms with Gasteiger partial charge in [0, 0.05) is 17.6 Å². The number of rotatable bonds is 3. The molecular formula is C21H32N3O2+. The zero-order chi connectivity index (χ0) is 18.7. The lowest BCUT2D eigenvalue weighted by molar-refractivity contribution is -0.918. The van der Waals surface area contributed by atoms with E-state index in [-0.39, 0.29) is 17.9 Å². The SMILES string of the molecule is C[C@@H]1CCC[C@H](C)N1C(=O)[C@@H](C)[NH+]1CCN(C(=O)c2ccccc2)CC1. The molecule has 1 aromatic carbocycles. The van der Waals surface area contributed by atoms with Gasteiger partial charge in [-0.3, -0.25) is 9.59 Å². The van der Waals surface area contributed by atoms with Crippen molar-refractivity contribution in [1.29, 1.82) is 0 Å². The van der Waals surface area contributed by atoms with Gasteiger partial charge < -0.3 is 14.7 Å². The first-order chi connectivity index (χ1) is 12.5. The monoisotopic (exact) mass is 358 g/mol. The Morgan fingerprint density at radius 3 is 2.19 bits per heavy atom. The quantitative estimate of drug-likeness (QED) is 0.883. The second-order valence-electron chi connectivity index (χ2n) is 7.91. The van der Waals surface area contributed by atoms with E-state index < -0.39 is 0 Å². The topological polar surface area (TPSA) is 45.1 Å². The molecule has 2 fully saturated rings. The second kappa shape index (κ2) is 8.21. The highest BCUT2D eigenvalue weighted by molar-refractivity contribution is 5.94. The van der Waals surface area contributed by atoms with Crippen LogP contribution in [0.4, 0.5) is 0 Å². The van der Waals surface area contributed by atoms with Crippen molar-refractivity contribution in [2.75, 3.05) is 26.2 Å². The summed E-state index contributed by atoms with van der Waals surface area (Å²) >= 11 is 0. The molecule has 0 radical (unpaired) electrons. The molecular weight excluding hydrogens is 326 g/mol. The third kappa shape index (κ3) is 3.93. The molecule has 2 aliphatic heterocycles. The van der Waals surface area contributed by atoms with Crippen LogP contribution in [-0.4, -0.2) is 65.9 Å². The Bertz CT molecular complexity index is 615. The summed E-state index contributed by atoms with van der Waals surface area (Å²) in [5, 5.41) is 0. The van der Waals surface area contributed by atoms with Crippen molar-refractivity contribution >= 4 is 11.8 Å². The largest absolute Gasteiger partial charge is 0.332 e. The number of nitrogens with one attached hydrogen (secondary N) is 1. The molecule has 2 aliphatic rings. The lowest BCUT2D eigenvalue weighted by Gasteiger charge is -2.42. The van der Waals surface area contributed by atoms with E-state index in [2.05, 4.69) is 25.7 Å². The number of carbonyl (C=O) groups is 2. The van der Waals surface area contributed by atoms with E-state index in [9.17, 15) is 9.59 Å². The van der Waals surface area contributed by atoms with Gasteiger partial charge in [0.1, 0.15) is 0 Å². The Morgan fingerprint density at radius 1 is 1.04 bits per heavy atom. The van der Waals surface area contributed by atoms with Crippen LogP contribution in [0, 0.1) is 0 Å². The van der Waals surface area contributed by atoms with Crippen LogP contribution in [0.5, 0.6) is 0 Å². The lowest BCUT2D eigenvalue weighted by Crippen LogP contribution is -3.19. The molecule has 2 heterocycles. The van der Waals surface area contributed by atoms with Crippen LogP contribution in [0.1, 0.15) is 50.4 Å². The van der Waals surface area contributed by atoms with Crippen molar-refractivity contribution in [3.05, 3.63) is 35.9 Å². The summed E-state index contributed by atoms with van der Waals surface area (Å²) in [7, 11) is 0. The Balaban J connectivity index is 1.57. The van der Waals surface area contributed by atoms with Crippen molar-refractivity contribution in [3.63, 3.8) is 0 Å². The second-order valence-corrected chi connectivity index (χ2v) is 7.91. The van der Waals surface area contributed by atoms with Gasteiger partial charge in [-0.1, -0.05) is 18.2 Å². The molecule has 3 atom stereocenters. The Labute approximate surface area is 156 Å². The predicted octanol–water partition coefficient (Wildman–Crippen LogP) is 1.21. The van der Waals surface area contributed by atoms with Gasteiger partial charge in [-0.2, -0.15) is 0 Å². The van der Waals surface area contributed by atoms with Gasteiger partial charge in [0.15, 0.2) is 6.04 Å². The van der Waals surface area contributed by atoms with Crippen LogP contribution in [0.15, 0.2) is 30.3 Å². The summed E-state index contributed by atoms with van der Waals surface area (Å²) in [5.74, 6) is 0.379. The summed E-state index contributed by atoms with van der Waals surface area (Å²) < 4.78 is 0. The van der Waals surface area contributed by atoms with E-state index in [0.717, 1.165) is 31.5 Å². The van der Waals surface area contributed by atoms with Crippen molar-refractivity contribution in [2.45, 2.75) is 58.2 Å². The average molecular weight is 359 g/mol. The van der Waals surface area contributed by atoms with Crippen LogP contribution in [0.25, 0.3) is 0 Å². The number of piperidine rings is 1. The van der Waals surface area contributed by atoms with E-state index in [0.29, 0.717) is 25.2 Å².